The molecule has 0 aliphatic carbocycles. The molecule has 0 radical (unpaired) electrons. The van der Waals surface area contributed by atoms with Gasteiger partial charge in [-0.2, -0.15) is 0 Å². The number of aromatic hydroxyl groups is 1. The average molecular weight is 165 g/mol. The van der Waals surface area contributed by atoms with Crippen LogP contribution >= 0.6 is 0 Å². The van der Waals surface area contributed by atoms with Crippen molar-refractivity contribution in [3.63, 3.8) is 0 Å². The van der Waals surface area contributed by atoms with Crippen LogP contribution in [0.3, 0.4) is 0 Å². The van der Waals surface area contributed by atoms with Crippen LogP contribution < -0.4 is 5.32 Å². The minimum Gasteiger partial charge on any atom is -0.506 e. The van der Waals surface area contributed by atoms with Gasteiger partial charge in [0.15, 0.2) is 0 Å². The zero-order valence-electron chi connectivity index (χ0n) is 7.59. The minimum atomic E-state index is 0.328. The van der Waals surface area contributed by atoms with Gasteiger partial charge in [0.05, 0.1) is 5.69 Å². The van der Waals surface area contributed by atoms with Gasteiger partial charge in [0.2, 0.25) is 0 Å². The minimum absolute atomic E-state index is 0.328. The standard InChI is InChI=1S/C10H15NO/c1-3-6-11-9-7-8(2)4-5-10(9)12/h4-5,7,11-12H,3,6H2,1-2H3. The molecule has 0 aliphatic heterocycles. The Morgan fingerprint density at radius 1 is 1.42 bits per heavy atom. The maximum Gasteiger partial charge on any atom is 0.138 e. The van der Waals surface area contributed by atoms with Crippen LogP contribution in [0.4, 0.5) is 5.69 Å². The monoisotopic (exact) mass is 165 g/mol. The molecule has 1 aromatic rings. The van der Waals surface area contributed by atoms with Gasteiger partial charge in [0.25, 0.3) is 0 Å². The van der Waals surface area contributed by atoms with E-state index in [1.165, 1.54) is 0 Å². The largest absolute Gasteiger partial charge is 0.506 e. The highest BCUT2D eigenvalue weighted by molar-refractivity contribution is 5.56. The summed E-state index contributed by atoms with van der Waals surface area (Å²) in [7, 11) is 0. The van der Waals surface area contributed by atoms with Crippen molar-refractivity contribution in [3.05, 3.63) is 23.8 Å². The first-order valence-corrected chi connectivity index (χ1v) is 4.27. The summed E-state index contributed by atoms with van der Waals surface area (Å²) in [6, 6.07) is 5.56. The highest BCUT2D eigenvalue weighted by Gasteiger charge is 1.98. The van der Waals surface area contributed by atoms with E-state index in [0.29, 0.717) is 5.75 Å². The molecule has 2 nitrogen and oxygen atoms in total. The van der Waals surface area contributed by atoms with Crippen molar-refractivity contribution in [1.29, 1.82) is 0 Å². The van der Waals surface area contributed by atoms with Crippen LogP contribution in [-0.2, 0) is 0 Å². The summed E-state index contributed by atoms with van der Waals surface area (Å²) in [5.41, 5.74) is 1.99. The number of benzene rings is 1. The Labute approximate surface area is 73.2 Å². The van der Waals surface area contributed by atoms with Gasteiger partial charge < -0.3 is 10.4 Å². The van der Waals surface area contributed by atoms with Gasteiger partial charge >= 0.3 is 0 Å². The Kier molecular flexibility index (Phi) is 2.97. The Morgan fingerprint density at radius 3 is 2.83 bits per heavy atom. The second-order valence-corrected chi connectivity index (χ2v) is 2.95. The molecule has 0 fully saturated rings. The first-order chi connectivity index (χ1) is 5.74. The molecule has 0 saturated heterocycles. The number of phenols is 1. The predicted molar refractivity (Wildman–Crippen MR) is 51.6 cm³/mol. The van der Waals surface area contributed by atoms with Crippen molar-refractivity contribution < 1.29 is 5.11 Å². The maximum atomic E-state index is 9.40. The SMILES string of the molecule is CCCNc1cc(C)ccc1O. The molecule has 0 aliphatic rings. The van der Waals surface area contributed by atoms with Crippen molar-refractivity contribution in [2.45, 2.75) is 20.3 Å². The van der Waals surface area contributed by atoms with Gasteiger partial charge in [-0.3, -0.25) is 0 Å². The highest BCUT2D eigenvalue weighted by Crippen LogP contribution is 2.23. The molecule has 0 heterocycles. The quantitative estimate of drug-likeness (QED) is 0.674. The molecule has 0 bridgehead atoms. The molecule has 1 aromatic carbocycles. The Hall–Kier alpha value is -1.18. The molecule has 0 saturated carbocycles. The van der Waals surface area contributed by atoms with Crippen LogP contribution in [0, 0.1) is 6.92 Å². The molecule has 0 atom stereocenters. The lowest BCUT2D eigenvalue weighted by Crippen LogP contribution is -1.99. The summed E-state index contributed by atoms with van der Waals surface area (Å²) >= 11 is 0. The smallest absolute Gasteiger partial charge is 0.138 e. The van der Waals surface area contributed by atoms with E-state index in [2.05, 4.69) is 12.2 Å². The molecule has 1 rings (SSSR count). The number of nitrogens with one attached hydrogen (secondary N) is 1. The molecule has 2 heteroatoms. The molecule has 66 valence electrons. The van der Waals surface area contributed by atoms with Gasteiger partial charge in [0, 0.05) is 6.54 Å². The number of rotatable bonds is 3. The maximum absolute atomic E-state index is 9.40. The Bertz CT molecular complexity index is 258. The summed E-state index contributed by atoms with van der Waals surface area (Å²) in [5, 5.41) is 12.6. The van der Waals surface area contributed by atoms with Gasteiger partial charge in [-0.05, 0) is 31.0 Å². The zero-order valence-corrected chi connectivity index (χ0v) is 7.59. The van der Waals surface area contributed by atoms with Gasteiger partial charge in [-0.15, -0.1) is 0 Å². The van der Waals surface area contributed by atoms with Crippen molar-refractivity contribution in [2.24, 2.45) is 0 Å². The fraction of sp³-hybridized carbons (Fsp3) is 0.400. The molecular weight excluding hydrogens is 150 g/mol. The fourth-order valence-electron chi connectivity index (χ4n) is 1.05. The van der Waals surface area contributed by atoms with Crippen molar-refractivity contribution >= 4 is 5.69 Å². The third kappa shape index (κ3) is 2.16. The third-order valence-electron chi connectivity index (χ3n) is 1.72. The summed E-state index contributed by atoms with van der Waals surface area (Å²) < 4.78 is 0. The Balaban J connectivity index is 2.75. The van der Waals surface area contributed by atoms with E-state index in [1.807, 2.05) is 19.1 Å². The Morgan fingerprint density at radius 2 is 2.17 bits per heavy atom. The average Bonchev–Trinajstić information content (AvgIpc) is 2.07. The molecule has 0 spiro atoms. The van der Waals surface area contributed by atoms with Crippen LogP contribution in [0.5, 0.6) is 5.75 Å². The van der Waals surface area contributed by atoms with Gasteiger partial charge in [-0.25, -0.2) is 0 Å². The number of phenolic OH excluding ortho intramolecular Hbond substituents is 1. The van der Waals surface area contributed by atoms with E-state index < -0.39 is 0 Å². The first kappa shape index (κ1) is 8.91. The molecule has 12 heavy (non-hydrogen) atoms. The van der Waals surface area contributed by atoms with Crippen LogP contribution in [0.1, 0.15) is 18.9 Å². The lowest BCUT2D eigenvalue weighted by atomic mass is 10.2. The van der Waals surface area contributed by atoms with E-state index in [-0.39, 0.29) is 0 Å². The highest BCUT2D eigenvalue weighted by atomic mass is 16.3. The van der Waals surface area contributed by atoms with Crippen molar-refractivity contribution in [3.8, 4) is 5.75 Å². The van der Waals surface area contributed by atoms with Gasteiger partial charge in [-0.1, -0.05) is 13.0 Å². The van der Waals surface area contributed by atoms with E-state index in [1.54, 1.807) is 6.07 Å². The molecule has 0 aromatic heterocycles. The van der Waals surface area contributed by atoms with E-state index in [9.17, 15) is 5.11 Å². The molecule has 2 N–H and O–H groups in total. The van der Waals surface area contributed by atoms with Crippen LogP contribution in [0.15, 0.2) is 18.2 Å². The normalized spacial score (nSPS) is 9.83. The summed E-state index contributed by atoms with van der Waals surface area (Å²) in [5.74, 6) is 0.328. The van der Waals surface area contributed by atoms with Gasteiger partial charge in [0.1, 0.15) is 5.75 Å². The second kappa shape index (κ2) is 4.00. The van der Waals surface area contributed by atoms with Crippen LogP contribution in [0.2, 0.25) is 0 Å². The van der Waals surface area contributed by atoms with Crippen LogP contribution in [0.25, 0.3) is 0 Å². The third-order valence-corrected chi connectivity index (χ3v) is 1.72. The van der Waals surface area contributed by atoms with Crippen LogP contribution in [-0.4, -0.2) is 11.7 Å². The summed E-state index contributed by atoms with van der Waals surface area (Å²) in [4.78, 5) is 0. The lowest BCUT2D eigenvalue weighted by molar-refractivity contribution is 0.477. The fourth-order valence-corrected chi connectivity index (χ4v) is 1.05. The summed E-state index contributed by atoms with van der Waals surface area (Å²) in [6.45, 7) is 5.01. The number of hydrogen-bond acceptors (Lipinski definition) is 2. The predicted octanol–water partition coefficient (Wildman–Crippen LogP) is 2.52. The number of hydrogen-bond donors (Lipinski definition) is 2. The lowest BCUT2D eigenvalue weighted by Gasteiger charge is -2.07. The van der Waals surface area contributed by atoms with E-state index >= 15 is 0 Å². The van der Waals surface area contributed by atoms with E-state index in [4.69, 9.17) is 0 Å². The van der Waals surface area contributed by atoms with Crippen molar-refractivity contribution in [1.82, 2.24) is 0 Å². The topological polar surface area (TPSA) is 32.3 Å². The zero-order chi connectivity index (χ0) is 8.97. The molecule has 0 amide bonds. The summed E-state index contributed by atoms with van der Waals surface area (Å²) in [6.07, 6.45) is 1.06. The first-order valence-electron chi connectivity index (χ1n) is 4.27. The number of aryl methyl sites for hydroxylation is 1. The van der Waals surface area contributed by atoms with Crippen molar-refractivity contribution in [2.75, 3.05) is 11.9 Å². The number of anilines is 1. The van der Waals surface area contributed by atoms with E-state index in [0.717, 1.165) is 24.2 Å². The molecular formula is C10H15NO. The molecule has 0 unspecified atom stereocenters. The second-order valence-electron chi connectivity index (χ2n) is 2.95.